The van der Waals surface area contributed by atoms with Crippen LogP contribution in [0.15, 0.2) is 24.3 Å². The zero-order chi connectivity index (χ0) is 15.2. The Bertz CT molecular complexity index is 405. The predicted molar refractivity (Wildman–Crippen MR) is 83.3 cm³/mol. The zero-order valence-corrected chi connectivity index (χ0v) is 13.3. The molecule has 4 heteroatoms. The molecule has 2 atom stereocenters. The summed E-state index contributed by atoms with van der Waals surface area (Å²) in [5.74, 6) is 0.918. The first-order valence-electron chi connectivity index (χ1n) is 7.06. The first kappa shape index (κ1) is 17.0. The van der Waals surface area contributed by atoms with E-state index in [0.717, 1.165) is 12.2 Å². The minimum absolute atomic E-state index is 0.278. The molecular weight excluding hydrogens is 252 g/mol. The standard InChI is InChI=1S/C16H28N2O2/c1-13(17-11-16(2,19)12-18(3)4)10-14-8-6-7-9-15(14)20-5/h6-9,13,17,19H,10-12H2,1-5H3. The van der Waals surface area contributed by atoms with Gasteiger partial charge in [-0.3, -0.25) is 0 Å². The largest absolute Gasteiger partial charge is 0.496 e. The molecule has 0 fully saturated rings. The van der Waals surface area contributed by atoms with Crippen LogP contribution in [0.5, 0.6) is 5.75 Å². The monoisotopic (exact) mass is 280 g/mol. The maximum absolute atomic E-state index is 10.3. The minimum Gasteiger partial charge on any atom is -0.496 e. The molecule has 1 aromatic rings. The highest BCUT2D eigenvalue weighted by Crippen LogP contribution is 2.19. The molecule has 2 N–H and O–H groups in total. The topological polar surface area (TPSA) is 44.7 Å². The molecule has 0 amide bonds. The van der Waals surface area contributed by atoms with Gasteiger partial charge in [0.1, 0.15) is 5.75 Å². The van der Waals surface area contributed by atoms with Crippen LogP contribution in [0.25, 0.3) is 0 Å². The van der Waals surface area contributed by atoms with Gasteiger partial charge in [0.15, 0.2) is 0 Å². The van der Waals surface area contributed by atoms with Gasteiger partial charge >= 0.3 is 0 Å². The van der Waals surface area contributed by atoms with Gasteiger partial charge < -0.3 is 20.1 Å². The molecular formula is C16H28N2O2. The van der Waals surface area contributed by atoms with Gasteiger partial charge in [-0.25, -0.2) is 0 Å². The van der Waals surface area contributed by atoms with E-state index in [1.54, 1.807) is 7.11 Å². The fraction of sp³-hybridized carbons (Fsp3) is 0.625. The third-order valence-corrected chi connectivity index (χ3v) is 3.21. The predicted octanol–water partition coefficient (Wildman–Crippen LogP) is 1.53. The molecule has 0 spiro atoms. The molecule has 0 aliphatic rings. The van der Waals surface area contributed by atoms with E-state index in [1.807, 2.05) is 44.1 Å². The van der Waals surface area contributed by atoms with Gasteiger partial charge in [-0.1, -0.05) is 18.2 Å². The van der Waals surface area contributed by atoms with Crippen LogP contribution in [-0.2, 0) is 6.42 Å². The van der Waals surface area contributed by atoms with E-state index in [9.17, 15) is 5.11 Å². The third kappa shape index (κ3) is 5.90. The number of benzene rings is 1. The van der Waals surface area contributed by atoms with E-state index in [0.29, 0.717) is 13.1 Å². The Labute approximate surface area is 122 Å². The van der Waals surface area contributed by atoms with Crippen LogP contribution in [0.3, 0.4) is 0 Å². The van der Waals surface area contributed by atoms with Gasteiger partial charge in [0, 0.05) is 19.1 Å². The van der Waals surface area contributed by atoms with Crippen LogP contribution in [0, 0.1) is 0 Å². The Morgan fingerprint density at radius 3 is 2.60 bits per heavy atom. The van der Waals surface area contributed by atoms with Gasteiger partial charge in [0.25, 0.3) is 0 Å². The average molecular weight is 280 g/mol. The number of aliphatic hydroxyl groups is 1. The lowest BCUT2D eigenvalue weighted by Gasteiger charge is -2.29. The van der Waals surface area contributed by atoms with E-state index >= 15 is 0 Å². The summed E-state index contributed by atoms with van der Waals surface area (Å²) in [5, 5.41) is 13.7. The molecule has 0 heterocycles. The summed E-state index contributed by atoms with van der Waals surface area (Å²) in [6.07, 6.45) is 0.877. The fourth-order valence-corrected chi connectivity index (χ4v) is 2.40. The zero-order valence-electron chi connectivity index (χ0n) is 13.3. The number of hydrogen-bond donors (Lipinski definition) is 2. The second kappa shape index (κ2) is 7.62. The van der Waals surface area contributed by atoms with Crippen molar-refractivity contribution in [3.63, 3.8) is 0 Å². The van der Waals surface area contributed by atoms with E-state index in [2.05, 4.69) is 18.3 Å². The molecule has 1 aromatic carbocycles. The molecule has 0 radical (unpaired) electrons. The third-order valence-electron chi connectivity index (χ3n) is 3.21. The van der Waals surface area contributed by atoms with Crippen molar-refractivity contribution in [3.8, 4) is 5.75 Å². The second-order valence-corrected chi connectivity index (χ2v) is 6.03. The summed E-state index contributed by atoms with van der Waals surface area (Å²) >= 11 is 0. The Balaban J connectivity index is 2.49. The Morgan fingerprint density at radius 1 is 1.35 bits per heavy atom. The number of nitrogens with one attached hydrogen (secondary N) is 1. The number of para-hydroxylation sites is 1. The van der Waals surface area contributed by atoms with Gasteiger partial charge in [0.2, 0.25) is 0 Å². The highest BCUT2D eigenvalue weighted by Gasteiger charge is 2.21. The fourth-order valence-electron chi connectivity index (χ4n) is 2.40. The lowest BCUT2D eigenvalue weighted by molar-refractivity contribution is 0.0318. The second-order valence-electron chi connectivity index (χ2n) is 6.03. The molecule has 4 nitrogen and oxygen atoms in total. The van der Waals surface area contributed by atoms with E-state index in [-0.39, 0.29) is 6.04 Å². The van der Waals surface area contributed by atoms with Crippen molar-refractivity contribution in [1.29, 1.82) is 0 Å². The number of likely N-dealkylation sites (N-methyl/N-ethyl adjacent to an activating group) is 1. The molecule has 0 saturated carbocycles. The van der Waals surface area contributed by atoms with E-state index in [4.69, 9.17) is 4.74 Å². The number of rotatable bonds is 8. The van der Waals surface area contributed by atoms with Crippen LogP contribution >= 0.6 is 0 Å². The lowest BCUT2D eigenvalue weighted by Crippen LogP contribution is -2.48. The SMILES string of the molecule is COc1ccccc1CC(C)NCC(C)(O)CN(C)C. The summed E-state index contributed by atoms with van der Waals surface area (Å²) in [5.41, 5.74) is 0.459. The minimum atomic E-state index is -0.724. The van der Waals surface area contributed by atoms with Gasteiger partial charge in [0.05, 0.1) is 12.7 Å². The molecule has 0 saturated heterocycles. The molecule has 0 aliphatic heterocycles. The summed E-state index contributed by atoms with van der Waals surface area (Å²) in [4.78, 5) is 1.99. The van der Waals surface area contributed by atoms with Gasteiger partial charge in [-0.15, -0.1) is 0 Å². The Hall–Kier alpha value is -1.10. The summed E-state index contributed by atoms with van der Waals surface area (Å²) in [6.45, 7) is 5.19. The van der Waals surface area contributed by atoms with Crippen LogP contribution in [0.2, 0.25) is 0 Å². The van der Waals surface area contributed by atoms with Crippen molar-refractivity contribution >= 4 is 0 Å². The van der Waals surface area contributed by atoms with Crippen molar-refractivity contribution in [1.82, 2.24) is 10.2 Å². The molecule has 1 rings (SSSR count). The van der Waals surface area contributed by atoms with Crippen LogP contribution in [0.1, 0.15) is 19.4 Å². The summed E-state index contributed by atoms with van der Waals surface area (Å²) in [6, 6.07) is 8.33. The molecule has 0 aliphatic carbocycles. The first-order chi connectivity index (χ1) is 9.34. The quantitative estimate of drug-likeness (QED) is 0.758. The molecule has 0 aromatic heterocycles. The van der Waals surface area contributed by atoms with E-state index < -0.39 is 5.60 Å². The lowest BCUT2D eigenvalue weighted by atomic mass is 10.0. The Kier molecular flexibility index (Phi) is 6.46. The summed E-state index contributed by atoms with van der Waals surface area (Å²) in [7, 11) is 5.62. The molecule has 114 valence electrons. The van der Waals surface area contributed by atoms with Crippen LogP contribution in [0.4, 0.5) is 0 Å². The molecule has 2 unspecified atom stereocenters. The highest BCUT2D eigenvalue weighted by atomic mass is 16.5. The number of methoxy groups -OCH3 is 1. The van der Waals surface area contributed by atoms with Gasteiger partial charge in [-0.2, -0.15) is 0 Å². The average Bonchev–Trinajstić information content (AvgIpc) is 2.36. The Morgan fingerprint density at radius 2 is 2.00 bits per heavy atom. The van der Waals surface area contributed by atoms with Crippen LogP contribution in [-0.4, -0.2) is 55.9 Å². The normalized spacial score (nSPS) is 15.9. The summed E-state index contributed by atoms with van der Waals surface area (Å²) < 4.78 is 5.36. The van der Waals surface area contributed by atoms with Gasteiger partial charge in [-0.05, 0) is 46.0 Å². The highest BCUT2D eigenvalue weighted by molar-refractivity contribution is 5.33. The van der Waals surface area contributed by atoms with Crippen molar-refractivity contribution in [3.05, 3.63) is 29.8 Å². The first-order valence-corrected chi connectivity index (χ1v) is 7.06. The van der Waals surface area contributed by atoms with Crippen molar-refractivity contribution in [2.24, 2.45) is 0 Å². The maximum Gasteiger partial charge on any atom is 0.122 e. The van der Waals surface area contributed by atoms with Crippen molar-refractivity contribution < 1.29 is 9.84 Å². The molecule has 20 heavy (non-hydrogen) atoms. The maximum atomic E-state index is 10.3. The van der Waals surface area contributed by atoms with Crippen molar-refractivity contribution in [2.75, 3.05) is 34.3 Å². The van der Waals surface area contributed by atoms with E-state index in [1.165, 1.54) is 5.56 Å². The molecule has 0 bridgehead atoms. The number of nitrogens with zero attached hydrogens (tertiary/aromatic N) is 1. The van der Waals surface area contributed by atoms with Crippen LogP contribution < -0.4 is 10.1 Å². The number of ether oxygens (including phenoxy) is 1. The van der Waals surface area contributed by atoms with Crippen molar-refractivity contribution in [2.45, 2.75) is 31.9 Å². The number of hydrogen-bond acceptors (Lipinski definition) is 4. The smallest absolute Gasteiger partial charge is 0.122 e.